The van der Waals surface area contributed by atoms with Crippen molar-refractivity contribution in [2.24, 2.45) is 0 Å². The molecule has 0 saturated carbocycles. The molecule has 0 aliphatic rings. The van der Waals surface area contributed by atoms with E-state index < -0.39 is 6.10 Å². The summed E-state index contributed by atoms with van der Waals surface area (Å²) >= 11 is 0. The lowest BCUT2D eigenvalue weighted by molar-refractivity contribution is -0.121. The molecule has 316 valence electrons. The zero-order chi connectivity index (χ0) is 38.6. The number of rotatable bonds is 46. The van der Waals surface area contributed by atoms with E-state index in [2.05, 4.69) is 19.2 Å². The third-order valence-electron chi connectivity index (χ3n) is 11.6. The predicted octanol–water partition coefficient (Wildman–Crippen LogP) is 15.8. The Labute approximate surface area is 333 Å². The molecular formula is C49H97NO3. The molecule has 0 fully saturated rings. The lowest BCUT2D eigenvalue weighted by Crippen LogP contribution is -2.31. The summed E-state index contributed by atoms with van der Waals surface area (Å²) < 4.78 is 0. The highest BCUT2D eigenvalue weighted by Gasteiger charge is 2.07. The first-order valence-corrected chi connectivity index (χ1v) is 24.6. The van der Waals surface area contributed by atoms with Gasteiger partial charge in [0.1, 0.15) is 5.78 Å². The largest absolute Gasteiger partial charge is 0.391 e. The third-order valence-corrected chi connectivity index (χ3v) is 11.6. The van der Waals surface area contributed by atoms with Gasteiger partial charge in [0.25, 0.3) is 0 Å². The highest BCUT2D eigenvalue weighted by Crippen LogP contribution is 2.17. The Bertz CT molecular complexity index is 725. The average molecular weight is 748 g/mol. The van der Waals surface area contributed by atoms with E-state index in [4.69, 9.17) is 0 Å². The van der Waals surface area contributed by atoms with Crippen LogP contribution in [0.5, 0.6) is 0 Å². The van der Waals surface area contributed by atoms with Gasteiger partial charge in [-0.1, -0.05) is 245 Å². The second kappa shape index (κ2) is 45.5. The van der Waals surface area contributed by atoms with Gasteiger partial charge in [0.05, 0.1) is 6.10 Å². The SMILES string of the molecule is CCCCCCCCCCCCCCCC[C@H](O)CNC(=O)CCCCCCCCCCCCCCC(=O)CCCCCCCCCCCCCCC. The Kier molecular flexibility index (Phi) is 44.7. The summed E-state index contributed by atoms with van der Waals surface area (Å²) in [6.45, 7) is 4.98. The van der Waals surface area contributed by atoms with Crippen molar-refractivity contribution in [1.82, 2.24) is 5.32 Å². The number of amides is 1. The molecule has 53 heavy (non-hydrogen) atoms. The van der Waals surface area contributed by atoms with Crippen LogP contribution in [-0.4, -0.2) is 29.4 Å². The zero-order valence-corrected chi connectivity index (χ0v) is 36.5. The first-order valence-electron chi connectivity index (χ1n) is 24.6. The number of ketones is 1. The van der Waals surface area contributed by atoms with Crippen molar-refractivity contribution in [3.63, 3.8) is 0 Å². The predicted molar refractivity (Wildman–Crippen MR) is 234 cm³/mol. The molecule has 0 aliphatic heterocycles. The molecule has 0 aromatic rings. The highest BCUT2D eigenvalue weighted by molar-refractivity contribution is 5.78. The molecule has 4 heteroatoms. The Morgan fingerprint density at radius 2 is 0.604 bits per heavy atom. The van der Waals surface area contributed by atoms with E-state index in [1.165, 1.54) is 218 Å². The van der Waals surface area contributed by atoms with E-state index >= 15 is 0 Å². The highest BCUT2D eigenvalue weighted by atomic mass is 16.3. The molecule has 0 aromatic heterocycles. The summed E-state index contributed by atoms with van der Waals surface area (Å²) in [6, 6.07) is 0. The summed E-state index contributed by atoms with van der Waals surface area (Å²) in [6.07, 6.45) is 54.0. The van der Waals surface area contributed by atoms with Gasteiger partial charge in [0.2, 0.25) is 5.91 Å². The Hall–Kier alpha value is -0.900. The van der Waals surface area contributed by atoms with Crippen molar-refractivity contribution in [3.8, 4) is 0 Å². The van der Waals surface area contributed by atoms with Gasteiger partial charge < -0.3 is 10.4 Å². The minimum atomic E-state index is -0.399. The van der Waals surface area contributed by atoms with Crippen LogP contribution in [0.4, 0.5) is 0 Å². The fourth-order valence-corrected chi connectivity index (χ4v) is 7.84. The van der Waals surface area contributed by atoms with Gasteiger partial charge in [-0.05, 0) is 25.7 Å². The van der Waals surface area contributed by atoms with E-state index in [0.29, 0.717) is 18.7 Å². The normalized spacial score (nSPS) is 12.1. The van der Waals surface area contributed by atoms with Crippen LogP contribution in [0.1, 0.15) is 290 Å². The Morgan fingerprint density at radius 1 is 0.358 bits per heavy atom. The van der Waals surface area contributed by atoms with Crippen LogP contribution in [-0.2, 0) is 9.59 Å². The first-order chi connectivity index (χ1) is 26.1. The van der Waals surface area contributed by atoms with Crippen molar-refractivity contribution in [2.75, 3.05) is 6.54 Å². The van der Waals surface area contributed by atoms with Crippen molar-refractivity contribution < 1.29 is 14.7 Å². The van der Waals surface area contributed by atoms with E-state index in [0.717, 1.165) is 51.4 Å². The number of hydrogen-bond donors (Lipinski definition) is 2. The molecule has 1 atom stereocenters. The Balaban J connectivity index is 3.29. The molecule has 4 nitrogen and oxygen atoms in total. The molecular weight excluding hydrogens is 651 g/mol. The number of unbranched alkanes of at least 4 members (excludes halogenated alkanes) is 36. The summed E-state index contributed by atoms with van der Waals surface area (Å²) in [4.78, 5) is 24.4. The van der Waals surface area contributed by atoms with Gasteiger partial charge in [0.15, 0.2) is 0 Å². The molecule has 0 spiro atoms. The minimum Gasteiger partial charge on any atom is -0.391 e. The van der Waals surface area contributed by atoms with Gasteiger partial charge in [-0.25, -0.2) is 0 Å². The van der Waals surface area contributed by atoms with Gasteiger partial charge in [-0.2, -0.15) is 0 Å². The van der Waals surface area contributed by atoms with E-state index in [1.54, 1.807) is 0 Å². The fourth-order valence-electron chi connectivity index (χ4n) is 7.84. The first kappa shape index (κ1) is 52.1. The third kappa shape index (κ3) is 45.4. The lowest BCUT2D eigenvalue weighted by Gasteiger charge is -2.12. The number of aliphatic hydroxyl groups is 1. The maximum Gasteiger partial charge on any atom is 0.220 e. The number of nitrogens with one attached hydrogen (secondary N) is 1. The smallest absolute Gasteiger partial charge is 0.220 e. The van der Waals surface area contributed by atoms with Crippen LogP contribution in [0.3, 0.4) is 0 Å². The molecule has 0 unspecified atom stereocenters. The molecule has 0 aliphatic carbocycles. The van der Waals surface area contributed by atoms with E-state index in [-0.39, 0.29) is 5.91 Å². The van der Waals surface area contributed by atoms with Gasteiger partial charge >= 0.3 is 0 Å². The van der Waals surface area contributed by atoms with Crippen LogP contribution >= 0.6 is 0 Å². The Morgan fingerprint density at radius 3 is 0.906 bits per heavy atom. The summed E-state index contributed by atoms with van der Waals surface area (Å²) in [5, 5.41) is 13.2. The summed E-state index contributed by atoms with van der Waals surface area (Å²) in [5.74, 6) is 0.599. The lowest BCUT2D eigenvalue weighted by atomic mass is 10.0. The quantitative estimate of drug-likeness (QED) is 0.0609. The zero-order valence-electron chi connectivity index (χ0n) is 36.5. The van der Waals surface area contributed by atoms with Crippen LogP contribution in [0, 0.1) is 0 Å². The second-order valence-corrected chi connectivity index (χ2v) is 17.1. The van der Waals surface area contributed by atoms with Crippen molar-refractivity contribution in [2.45, 2.75) is 296 Å². The number of carbonyl (C=O) groups is 2. The molecule has 0 radical (unpaired) electrons. The van der Waals surface area contributed by atoms with Crippen molar-refractivity contribution >= 4 is 11.7 Å². The van der Waals surface area contributed by atoms with Gasteiger partial charge in [-0.3, -0.25) is 9.59 Å². The number of carbonyl (C=O) groups excluding carboxylic acids is 2. The maximum absolute atomic E-state index is 12.2. The van der Waals surface area contributed by atoms with E-state index in [9.17, 15) is 14.7 Å². The second-order valence-electron chi connectivity index (χ2n) is 17.1. The summed E-state index contributed by atoms with van der Waals surface area (Å²) in [5.41, 5.74) is 0. The van der Waals surface area contributed by atoms with Crippen molar-refractivity contribution in [3.05, 3.63) is 0 Å². The fraction of sp³-hybridized carbons (Fsp3) is 0.959. The molecule has 0 aromatic carbocycles. The molecule has 0 heterocycles. The maximum atomic E-state index is 12.2. The minimum absolute atomic E-state index is 0.101. The monoisotopic (exact) mass is 748 g/mol. The number of hydrogen-bond acceptors (Lipinski definition) is 3. The van der Waals surface area contributed by atoms with Gasteiger partial charge in [0, 0.05) is 25.8 Å². The van der Waals surface area contributed by atoms with Crippen LogP contribution < -0.4 is 5.32 Å². The van der Waals surface area contributed by atoms with Gasteiger partial charge in [-0.15, -0.1) is 0 Å². The number of Topliss-reactive ketones (excluding diaryl/α,β-unsaturated/α-hetero) is 1. The molecule has 2 N–H and O–H groups in total. The molecule has 0 rings (SSSR count). The van der Waals surface area contributed by atoms with Crippen LogP contribution in [0.2, 0.25) is 0 Å². The van der Waals surface area contributed by atoms with Crippen molar-refractivity contribution in [1.29, 1.82) is 0 Å². The molecule has 0 saturated heterocycles. The van der Waals surface area contributed by atoms with Crippen LogP contribution in [0.15, 0.2) is 0 Å². The average Bonchev–Trinajstić information content (AvgIpc) is 3.16. The van der Waals surface area contributed by atoms with Crippen LogP contribution in [0.25, 0.3) is 0 Å². The standard InChI is InChI=1S/C49H97NO3/c1-3-5-7-9-11-13-15-17-19-24-28-32-36-40-44-48(52)46-50-49(53)45-41-37-33-29-25-21-20-23-27-31-35-39-43-47(51)42-38-34-30-26-22-18-16-14-12-10-8-6-4-2/h48,52H,3-46H2,1-2H3,(H,50,53)/t48-/m0/s1. The molecule has 0 bridgehead atoms. The topological polar surface area (TPSA) is 66.4 Å². The van der Waals surface area contributed by atoms with E-state index in [1.807, 2.05) is 0 Å². The number of aliphatic hydroxyl groups excluding tert-OH is 1. The molecule has 1 amide bonds. The summed E-state index contributed by atoms with van der Waals surface area (Å²) in [7, 11) is 0.